The van der Waals surface area contributed by atoms with Gasteiger partial charge < -0.3 is 15.2 Å². The lowest BCUT2D eigenvalue weighted by atomic mass is 10.1. The summed E-state index contributed by atoms with van der Waals surface area (Å²) in [6.45, 7) is 1.12. The molecule has 2 rings (SSSR count). The number of nitrogens with zero attached hydrogens (tertiary/aromatic N) is 1. The molecule has 0 unspecified atom stereocenters. The van der Waals surface area contributed by atoms with E-state index in [0.29, 0.717) is 0 Å². The van der Waals surface area contributed by atoms with Crippen molar-refractivity contribution in [1.82, 2.24) is 0 Å². The van der Waals surface area contributed by atoms with E-state index in [4.69, 9.17) is 16.3 Å². The highest BCUT2D eigenvalue weighted by atomic mass is 35.5. The molecule has 2 aromatic rings. The molecule has 0 aliphatic carbocycles. The van der Waals surface area contributed by atoms with Crippen molar-refractivity contribution < 1.29 is 24.4 Å². The minimum absolute atomic E-state index is 0.0230. The van der Waals surface area contributed by atoms with Crippen molar-refractivity contribution in [2.75, 3.05) is 11.9 Å². The Morgan fingerprint density at radius 2 is 2.00 bits per heavy atom. The first kappa shape index (κ1) is 18.2. The maximum absolute atomic E-state index is 11.9. The van der Waals surface area contributed by atoms with Crippen molar-refractivity contribution in [1.29, 1.82) is 0 Å². The van der Waals surface area contributed by atoms with Crippen molar-refractivity contribution in [2.24, 2.45) is 0 Å². The minimum atomic E-state index is -0.855. The molecule has 8 nitrogen and oxygen atoms in total. The first-order valence-corrected chi connectivity index (χ1v) is 7.36. The second kappa shape index (κ2) is 7.63. The van der Waals surface area contributed by atoms with Crippen LogP contribution in [0.3, 0.4) is 0 Å². The summed E-state index contributed by atoms with van der Waals surface area (Å²) in [5, 5.41) is 22.6. The number of halogens is 1. The van der Waals surface area contributed by atoms with Crippen LogP contribution in [-0.2, 0) is 9.53 Å². The van der Waals surface area contributed by atoms with E-state index in [2.05, 4.69) is 5.32 Å². The second-order valence-electron chi connectivity index (χ2n) is 5.07. The number of ether oxygens (including phenoxy) is 1. The molecule has 130 valence electrons. The van der Waals surface area contributed by atoms with Gasteiger partial charge in [-0.05, 0) is 25.1 Å². The predicted octanol–water partition coefficient (Wildman–Crippen LogP) is 3.06. The van der Waals surface area contributed by atoms with Crippen LogP contribution in [0.5, 0.6) is 5.75 Å². The van der Waals surface area contributed by atoms with Gasteiger partial charge in [-0.15, -0.1) is 0 Å². The summed E-state index contributed by atoms with van der Waals surface area (Å²) in [4.78, 5) is 33.7. The molecular formula is C16H13ClN2O6. The molecule has 0 radical (unpaired) electrons. The van der Waals surface area contributed by atoms with Crippen LogP contribution in [0.4, 0.5) is 11.4 Å². The maximum Gasteiger partial charge on any atom is 0.342 e. The van der Waals surface area contributed by atoms with Crippen LogP contribution in [0.25, 0.3) is 0 Å². The zero-order chi connectivity index (χ0) is 18.6. The van der Waals surface area contributed by atoms with Gasteiger partial charge in [-0.3, -0.25) is 14.9 Å². The third-order valence-electron chi connectivity index (χ3n) is 3.14. The van der Waals surface area contributed by atoms with Crippen LogP contribution >= 0.6 is 11.6 Å². The van der Waals surface area contributed by atoms with E-state index in [0.717, 1.165) is 11.6 Å². The number of aryl methyl sites for hydroxylation is 1. The van der Waals surface area contributed by atoms with E-state index in [1.807, 2.05) is 0 Å². The van der Waals surface area contributed by atoms with Crippen molar-refractivity contribution in [2.45, 2.75) is 6.92 Å². The molecular weight excluding hydrogens is 352 g/mol. The molecule has 0 bridgehead atoms. The molecule has 9 heteroatoms. The molecule has 0 aliphatic heterocycles. The van der Waals surface area contributed by atoms with E-state index in [9.17, 15) is 24.8 Å². The summed E-state index contributed by atoms with van der Waals surface area (Å²) in [5.74, 6) is -1.79. The highest BCUT2D eigenvalue weighted by Gasteiger charge is 2.16. The molecule has 25 heavy (non-hydrogen) atoms. The minimum Gasteiger partial charge on any atom is -0.507 e. The van der Waals surface area contributed by atoms with Gasteiger partial charge in [-0.25, -0.2) is 4.79 Å². The first-order chi connectivity index (χ1) is 11.8. The van der Waals surface area contributed by atoms with Gasteiger partial charge in [0.1, 0.15) is 11.3 Å². The number of hydrogen-bond acceptors (Lipinski definition) is 6. The van der Waals surface area contributed by atoms with E-state index >= 15 is 0 Å². The molecule has 0 saturated heterocycles. The summed E-state index contributed by atoms with van der Waals surface area (Å²) in [6, 6.07) is 7.94. The lowest BCUT2D eigenvalue weighted by Gasteiger charge is -2.09. The number of esters is 1. The highest BCUT2D eigenvalue weighted by molar-refractivity contribution is 6.34. The number of carbonyl (C=O) groups is 2. The topological polar surface area (TPSA) is 119 Å². The number of phenolic OH excluding ortho intramolecular Hbond substituents is 1. The maximum atomic E-state index is 11.9. The van der Waals surface area contributed by atoms with Crippen LogP contribution in [0.15, 0.2) is 36.4 Å². The standard InChI is InChI=1S/C16H13ClN2O6/c1-9-2-5-14(20)11(6-9)16(22)25-8-15(21)18-13-4-3-10(19(23)24)7-12(13)17/h2-7,20H,8H2,1H3,(H,18,21). The van der Waals surface area contributed by atoms with Gasteiger partial charge in [0.25, 0.3) is 11.6 Å². The largest absolute Gasteiger partial charge is 0.507 e. The lowest BCUT2D eigenvalue weighted by molar-refractivity contribution is -0.384. The Labute approximate surface area is 147 Å². The van der Waals surface area contributed by atoms with E-state index in [-0.39, 0.29) is 27.7 Å². The average molecular weight is 365 g/mol. The third-order valence-corrected chi connectivity index (χ3v) is 3.46. The number of aromatic hydroxyl groups is 1. The normalized spacial score (nSPS) is 10.2. The number of amides is 1. The number of nitro groups is 1. The Bertz CT molecular complexity index is 853. The van der Waals surface area contributed by atoms with Crippen LogP contribution in [0.1, 0.15) is 15.9 Å². The number of anilines is 1. The van der Waals surface area contributed by atoms with Crippen molar-refractivity contribution >= 4 is 34.9 Å². The summed E-state index contributed by atoms with van der Waals surface area (Å²) < 4.78 is 4.84. The number of phenols is 1. The SMILES string of the molecule is Cc1ccc(O)c(C(=O)OCC(=O)Nc2ccc([N+](=O)[O-])cc2Cl)c1. The molecule has 0 fully saturated rings. The van der Waals surface area contributed by atoms with E-state index in [1.54, 1.807) is 13.0 Å². The van der Waals surface area contributed by atoms with Gasteiger partial charge in [0.05, 0.1) is 15.6 Å². The molecule has 0 aromatic heterocycles. The molecule has 0 atom stereocenters. The number of non-ortho nitro benzene ring substituents is 1. The monoisotopic (exact) mass is 364 g/mol. The Kier molecular flexibility index (Phi) is 5.56. The van der Waals surface area contributed by atoms with Crippen LogP contribution < -0.4 is 5.32 Å². The van der Waals surface area contributed by atoms with Crippen molar-refractivity contribution in [3.8, 4) is 5.75 Å². The van der Waals surface area contributed by atoms with Gasteiger partial charge >= 0.3 is 5.97 Å². The smallest absolute Gasteiger partial charge is 0.342 e. The summed E-state index contributed by atoms with van der Waals surface area (Å²) in [7, 11) is 0. The van der Waals surface area contributed by atoms with Crippen LogP contribution in [-0.4, -0.2) is 28.5 Å². The van der Waals surface area contributed by atoms with Gasteiger partial charge in [0.2, 0.25) is 0 Å². The molecule has 2 N–H and O–H groups in total. The molecule has 0 aliphatic rings. The molecule has 2 aromatic carbocycles. The fourth-order valence-electron chi connectivity index (χ4n) is 1.93. The van der Waals surface area contributed by atoms with Gasteiger partial charge in [0.15, 0.2) is 6.61 Å². The number of hydrogen-bond donors (Lipinski definition) is 2. The zero-order valence-corrected chi connectivity index (χ0v) is 13.7. The number of carbonyl (C=O) groups excluding carboxylic acids is 2. The molecule has 1 amide bonds. The molecule has 0 saturated carbocycles. The van der Waals surface area contributed by atoms with Crippen LogP contribution in [0, 0.1) is 17.0 Å². The van der Waals surface area contributed by atoms with Gasteiger partial charge in [-0.2, -0.15) is 0 Å². The quantitative estimate of drug-likeness (QED) is 0.478. The summed E-state index contributed by atoms with van der Waals surface area (Å²) in [5.41, 5.74) is 0.615. The Balaban J connectivity index is 1.98. The van der Waals surface area contributed by atoms with Gasteiger partial charge in [0, 0.05) is 12.1 Å². The van der Waals surface area contributed by atoms with E-state index < -0.39 is 23.4 Å². The summed E-state index contributed by atoms with van der Waals surface area (Å²) >= 11 is 5.85. The molecule has 0 spiro atoms. The predicted molar refractivity (Wildman–Crippen MR) is 89.9 cm³/mol. The van der Waals surface area contributed by atoms with E-state index in [1.165, 1.54) is 24.3 Å². The number of nitrogens with one attached hydrogen (secondary N) is 1. The lowest BCUT2D eigenvalue weighted by Crippen LogP contribution is -2.21. The Hall–Kier alpha value is -3.13. The fraction of sp³-hybridized carbons (Fsp3) is 0.125. The van der Waals surface area contributed by atoms with Crippen molar-refractivity contribution in [3.05, 3.63) is 62.7 Å². The Morgan fingerprint density at radius 1 is 1.28 bits per heavy atom. The second-order valence-corrected chi connectivity index (χ2v) is 5.47. The third kappa shape index (κ3) is 4.67. The summed E-state index contributed by atoms with van der Waals surface area (Å²) in [6.07, 6.45) is 0. The van der Waals surface area contributed by atoms with Crippen molar-refractivity contribution in [3.63, 3.8) is 0 Å². The first-order valence-electron chi connectivity index (χ1n) is 6.98. The average Bonchev–Trinajstić information content (AvgIpc) is 2.56. The Morgan fingerprint density at radius 3 is 2.64 bits per heavy atom. The highest BCUT2D eigenvalue weighted by Crippen LogP contribution is 2.26. The van der Waals surface area contributed by atoms with Gasteiger partial charge in [-0.1, -0.05) is 23.2 Å². The fourth-order valence-corrected chi connectivity index (χ4v) is 2.15. The zero-order valence-electron chi connectivity index (χ0n) is 13.0. The number of rotatable bonds is 5. The number of benzene rings is 2. The van der Waals surface area contributed by atoms with Crippen LogP contribution in [0.2, 0.25) is 5.02 Å². The number of nitro benzene ring substituents is 1. The molecule has 0 heterocycles.